The standard InChI is InChI=1S/C38H68O4Si2/c1-26-29(23-30(41-43(12,13)35(3,4)5)24-33(26)42-44(14,15)36(6,7)8)19-18-28-17-16-22-38(11)31(20-21-32(28)38)27(2)39-25-34-37(9,10)40-34/h18-19,27,30-34H,1,16-17,20-25H2,2-15H3/b28-18+,29-19-/t27-,30?,31+,32-,33?,34?,38+/m0/s1. The molecule has 0 aromatic rings. The molecule has 3 saturated carbocycles. The van der Waals surface area contributed by atoms with Gasteiger partial charge in [0.2, 0.25) is 0 Å². The van der Waals surface area contributed by atoms with Gasteiger partial charge in [-0.2, -0.15) is 0 Å². The van der Waals surface area contributed by atoms with Crippen LogP contribution in [0.5, 0.6) is 0 Å². The molecule has 0 spiro atoms. The molecule has 0 aromatic carbocycles. The molecular weight excluding hydrogens is 577 g/mol. The molecule has 3 aliphatic carbocycles. The van der Waals surface area contributed by atoms with Gasteiger partial charge in [-0.1, -0.05) is 72.8 Å². The molecule has 1 saturated heterocycles. The molecule has 6 heteroatoms. The minimum atomic E-state index is -1.98. The fourth-order valence-electron chi connectivity index (χ4n) is 7.74. The quantitative estimate of drug-likeness (QED) is 0.185. The monoisotopic (exact) mass is 644 g/mol. The maximum absolute atomic E-state index is 7.08. The molecule has 0 N–H and O–H groups in total. The lowest BCUT2D eigenvalue weighted by molar-refractivity contribution is -0.0296. The first-order chi connectivity index (χ1) is 20.0. The van der Waals surface area contributed by atoms with Crippen LogP contribution in [-0.4, -0.2) is 53.3 Å². The van der Waals surface area contributed by atoms with Crippen LogP contribution < -0.4 is 0 Å². The minimum Gasteiger partial charge on any atom is -0.413 e. The summed E-state index contributed by atoms with van der Waals surface area (Å²) in [7, 11) is -3.90. The second-order valence-electron chi connectivity index (χ2n) is 18.6. The van der Waals surface area contributed by atoms with Crippen molar-refractivity contribution in [2.45, 2.75) is 180 Å². The van der Waals surface area contributed by atoms with Gasteiger partial charge in [-0.15, -0.1) is 0 Å². The first-order valence-electron chi connectivity index (χ1n) is 17.7. The maximum atomic E-state index is 7.08. The van der Waals surface area contributed by atoms with Gasteiger partial charge in [0.05, 0.1) is 30.5 Å². The molecule has 3 unspecified atom stereocenters. The van der Waals surface area contributed by atoms with Crippen molar-refractivity contribution in [3.63, 3.8) is 0 Å². The van der Waals surface area contributed by atoms with Gasteiger partial charge in [0, 0.05) is 6.42 Å². The van der Waals surface area contributed by atoms with Gasteiger partial charge in [-0.25, -0.2) is 0 Å². The van der Waals surface area contributed by atoms with Gasteiger partial charge in [0.1, 0.15) is 6.10 Å². The first kappa shape index (κ1) is 36.3. The number of hydrogen-bond acceptors (Lipinski definition) is 4. The average molecular weight is 645 g/mol. The molecule has 0 bridgehead atoms. The molecule has 4 fully saturated rings. The van der Waals surface area contributed by atoms with E-state index in [9.17, 15) is 0 Å². The smallest absolute Gasteiger partial charge is 0.192 e. The van der Waals surface area contributed by atoms with Crippen molar-refractivity contribution in [3.05, 3.63) is 35.5 Å². The molecular formula is C38H68O4Si2. The van der Waals surface area contributed by atoms with Crippen LogP contribution in [0.25, 0.3) is 0 Å². The summed E-state index contributed by atoms with van der Waals surface area (Å²) in [6.45, 7) is 38.1. The second kappa shape index (κ2) is 12.5. The number of rotatable bonds is 9. The van der Waals surface area contributed by atoms with E-state index in [2.05, 4.69) is 114 Å². The molecule has 7 atom stereocenters. The van der Waals surface area contributed by atoms with E-state index in [4.69, 9.17) is 18.3 Å². The molecule has 252 valence electrons. The van der Waals surface area contributed by atoms with Crippen molar-refractivity contribution < 1.29 is 18.3 Å². The highest BCUT2D eigenvalue weighted by Crippen LogP contribution is 2.59. The Morgan fingerprint density at radius 1 is 0.955 bits per heavy atom. The zero-order valence-corrected chi connectivity index (χ0v) is 33.1. The summed E-state index contributed by atoms with van der Waals surface area (Å²) in [5.41, 5.74) is 4.43. The molecule has 1 aliphatic heterocycles. The van der Waals surface area contributed by atoms with E-state index in [1.807, 2.05) is 0 Å². The Labute approximate surface area is 274 Å². The summed E-state index contributed by atoms with van der Waals surface area (Å²) < 4.78 is 26.4. The van der Waals surface area contributed by atoms with E-state index in [1.165, 1.54) is 43.3 Å². The SMILES string of the molecule is C=C1/C(=C\C=C2/CCC[C@]3(C)[C@@H]([C@H](C)OCC4OC4(C)C)CC[C@@H]23)CC(O[Si](C)(C)C(C)(C)C)CC1O[Si](C)(C)C(C)(C)C. The van der Waals surface area contributed by atoms with Gasteiger partial charge < -0.3 is 18.3 Å². The third kappa shape index (κ3) is 7.62. The van der Waals surface area contributed by atoms with Crippen LogP contribution in [0.4, 0.5) is 0 Å². The van der Waals surface area contributed by atoms with Crippen LogP contribution in [-0.2, 0) is 18.3 Å². The Hall–Kier alpha value is -0.506. The molecule has 0 aromatic heterocycles. The summed E-state index contributed by atoms with van der Waals surface area (Å²) in [5, 5.41) is 0.331. The van der Waals surface area contributed by atoms with Crippen molar-refractivity contribution in [2.24, 2.45) is 17.3 Å². The Morgan fingerprint density at radius 3 is 2.11 bits per heavy atom. The zero-order valence-electron chi connectivity index (χ0n) is 31.1. The highest BCUT2D eigenvalue weighted by molar-refractivity contribution is 6.74. The third-order valence-corrected chi connectivity index (χ3v) is 22.0. The number of epoxide rings is 1. The van der Waals surface area contributed by atoms with Crippen LogP contribution in [0, 0.1) is 17.3 Å². The van der Waals surface area contributed by atoms with E-state index in [0.717, 1.165) is 19.4 Å². The van der Waals surface area contributed by atoms with Gasteiger partial charge >= 0.3 is 0 Å². The van der Waals surface area contributed by atoms with Crippen molar-refractivity contribution >= 4 is 16.6 Å². The van der Waals surface area contributed by atoms with Gasteiger partial charge in [-0.3, -0.25) is 0 Å². The van der Waals surface area contributed by atoms with Crippen LogP contribution in [0.15, 0.2) is 35.5 Å². The first-order valence-corrected chi connectivity index (χ1v) is 23.5. The minimum absolute atomic E-state index is 0.0112. The summed E-state index contributed by atoms with van der Waals surface area (Å²) in [5.74, 6) is 1.23. The summed E-state index contributed by atoms with van der Waals surface area (Å²) >= 11 is 0. The van der Waals surface area contributed by atoms with Crippen LogP contribution >= 0.6 is 0 Å². The molecule has 0 amide bonds. The van der Waals surface area contributed by atoms with Gasteiger partial charge in [-0.05, 0) is 124 Å². The maximum Gasteiger partial charge on any atom is 0.192 e. The lowest BCUT2D eigenvalue weighted by Gasteiger charge is -2.45. The van der Waals surface area contributed by atoms with Crippen LogP contribution in [0.3, 0.4) is 0 Å². The third-order valence-electron chi connectivity index (χ3n) is 13.0. The second-order valence-corrected chi connectivity index (χ2v) is 28.1. The number of fused-ring (bicyclic) bond motifs is 1. The van der Waals surface area contributed by atoms with Gasteiger partial charge in [0.15, 0.2) is 16.6 Å². The van der Waals surface area contributed by atoms with Crippen molar-refractivity contribution in [1.29, 1.82) is 0 Å². The molecule has 4 nitrogen and oxygen atoms in total. The lowest BCUT2D eigenvalue weighted by atomic mass is 9.62. The van der Waals surface area contributed by atoms with E-state index in [0.29, 0.717) is 17.3 Å². The zero-order chi connectivity index (χ0) is 33.1. The van der Waals surface area contributed by atoms with E-state index in [-0.39, 0.29) is 40.1 Å². The van der Waals surface area contributed by atoms with Crippen molar-refractivity contribution in [3.8, 4) is 0 Å². The fraction of sp³-hybridized carbons (Fsp3) is 0.842. The van der Waals surface area contributed by atoms with Crippen molar-refractivity contribution in [1.82, 2.24) is 0 Å². The predicted octanol–water partition coefficient (Wildman–Crippen LogP) is 10.8. The topological polar surface area (TPSA) is 40.2 Å². The molecule has 0 radical (unpaired) electrons. The Bertz CT molecular complexity index is 1120. The average Bonchev–Trinajstić information content (AvgIpc) is 3.32. The largest absolute Gasteiger partial charge is 0.413 e. The molecule has 4 aliphatic rings. The summed E-state index contributed by atoms with van der Waals surface area (Å²) in [4.78, 5) is 0. The molecule has 4 rings (SSSR count). The Morgan fingerprint density at radius 2 is 1.55 bits per heavy atom. The van der Waals surface area contributed by atoms with Crippen LogP contribution in [0.1, 0.15) is 114 Å². The predicted molar refractivity (Wildman–Crippen MR) is 191 cm³/mol. The normalized spacial score (nSPS) is 35.7. The van der Waals surface area contributed by atoms with Gasteiger partial charge in [0.25, 0.3) is 0 Å². The van der Waals surface area contributed by atoms with E-state index in [1.54, 1.807) is 5.57 Å². The van der Waals surface area contributed by atoms with Crippen molar-refractivity contribution in [2.75, 3.05) is 6.61 Å². The highest BCUT2D eigenvalue weighted by atomic mass is 28.4. The van der Waals surface area contributed by atoms with E-state index >= 15 is 0 Å². The Balaban J connectivity index is 1.55. The molecule has 1 heterocycles. The Kier molecular flexibility index (Phi) is 10.3. The summed E-state index contributed by atoms with van der Waals surface area (Å²) in [6, 6.07) is 0. The molecule has 44 heavy (non-hydrogen) atoms. The highest BCUT2D eigenvalue weighted by Gasteiger charge is 2.53. The number of ether oxygens (including phenoxy) is 2. The fourth-order valence-corrected chi connectivity index (χ4v) is 10.4. The van der Waals surface area contributed by atoms with E-state index < -0.39 is 16.6 Å². The van der Waals surface area contributed by atoms with Crippen LogP contribution in [0.2, 0.25) is 36.3 Å². The number of hydrogen-bond donors (Lipinski definition) is 0. The number of allylic oxidation sites excluding steroid dienone is 3. The summed E-state index contributed by atoms with van der Waals surface area (Å²) in [6.07, 6.45) is 13.8. The lowest BCUT2D eigenvalue weighted by Crippen LogP contribution is -2.49.